The molecule has 2 N–H and O–H groups in total. The topological polar surface area (TPSA) is 43.8 Å². The number of hydrogen-bond acceptors (Lipinski definition) is 2. The van der Waals surface area contributed by atoms with Gasteiger partial charge in [0.2, 0.25) is 0 Å². The normalized spacial score (nSPS) is 12.6. The summed E-state index contributed by atoms with van der Waals surface area (Å²) in [6, 6.07) is 9.01. The second-order valence-electron chi connectivity index (χ2n) is 5.19. The van der Waals surface area contributed by atoms with Crippen LogP contribution in [0.4, 0.5) is 4.39 Å². The number of rotatable bonds is 6. The zero-order valence-corrected chi connectivity index (χ0v) is 12.1. The third-order valence-corrected chi connectivity index (χ3v) is 3.58. The van der Waals surface area contributed by atoms with Crippen molar-refractivity contribution >= 4 is 0 Å². The summed E-state index contributed by atoms with van der Waals surface area (Å²) in [7, 11) is 0. The van der Waals surface area contributed by atoms with E-state index in [1.807, 2.05) is 23.7 Å². The second-order valence-corrected chi connectivity index (χ2v) is 5.19. The molecule has 2 rings (SSSR count). The molecule has 1 heterocycles. The third-order valence-electron chi connectivity index (χ3n) is 3.58. The fourth-order valence-corrected chi connectivity index (χ4v) is 2.55. The first-order valence-electron chi connectivity index (χ1n) is 7.10. The molecule has 0 radical (unpaired) electrons. The van der Waals surface area contributed by atoms with Gasteiger partial charge in [0.15, 0.2) is 0 Å². The molecular formula is C16H22FN3. The Bertz CT molecular complexity index is 563. The highest BCUT2D eigenvalue weighted by Gasteiger charge is 2.14. The maximum Gasteiger partial charge on any atom is 0.126 e. The van der Waals surface area contributed by atoms with Gasteiger partial charge >= 0.3 is 0 Å². The summed E-state index contributed by atoms with van der Waals surface area (Å²) in [5.41, 5.74) is 8.80. The molecule has 1 atom stereocenters. The van der Waals surface area contributed by atoms with Gasteiger partial charge in [0.1, 0.15) is 5.82 Å². The zero-order valence-electron chi connectivity index (χ0n) is 12.1. The number of nitrogens with two attached hydrogens (primary N) is 1. The summed E-state index contributed by atoms with van der Waals surface area (Å²) in [6.07, 6.45) is 1.50. The molecule has 0 bridgehead atoms. The molecule has 2 aromatic rings. The Hall–Kier alpha value is -1.68. The predicted octanol–water partition coefficient (Wildman–Crippen LogP) is 2.71. The van der Waals surface area contributed by atoms with Crippen molar-refractivity contribution in [3.8, 4) is 0 Å². The fourth-order valence-electron chi connectivity index (χ4n) is 2.55. The molecule has 0 amide bonds. The average Bonchev–Trinajstić information content (AvgIpc) is 2.80. The van der Waals surface area contributed by atoms with E-state index in [1.165, 1.54) is 11.8 Å². The molecule has 1 aromatic heterocycles. The van der Waals surface area contributed by atoms with Crippen molar-refractivity contribution in [2.24, 2.45) is 11.7 Å². The molecule has 0 aliphatic rings. The van der Waals surface area contributed by atoms with E-state index in [-0.39, 0.29) is 11.7 Å². The van der Waals surface area contributed by atoms with Crippen molar-refractivity contribution in [3.05, 3.63) is 53.1 Å². The SMILES string of the molecule is CCn1nc(C)cc1CC(CN)Cc1ccccc1F. The smallest absolute Gasteiger partial charge is 0.126 e. The van der Waals surface area contributed by atoms with Crippen LogP contribution in [0, 0.1) is 18.7 Å². The zero-order chi connectivity index (χ0) is 14.5. The Balaban J connectivity index is 2.11. The molecule has 1 unspecified atom stereocenters. The summed E-state index contributed by atoms with van der Waals surface area (Å²) < 4.78 is 15.7. The van der Waals surface area contributed by atoms with Gasteiger partial charge in [-0.05, 0) is 56.8 Å². The van der Waals surface area contributed by atoms with E-state index in [9.17, 15) is 4.39 Å². The van der Waals surface area contributed by atoms with Crippen molar-refractivity contribution in [2.45, 2.75) is 33.2 Å². The van der Waals surface area contributed by atoms with E-state index >= 15 is 0 Å². The van der Waals surface area contributed by atoms with Gasteiger partial charge in [-0.3, -0.25) is 4.68 Å². The highest BCUT2D eigenvalue weighted by atomic mass is 19.1. The highest BCUT2D eigenvalue weighted by Crippen LogP contribution is 2.17. The molecule has 0 spiro atoms. The van der Waals surface area contributed by atoms with Gasteiger partial charge in [-0.15, -0.1) is 0 Å². The molecular weight excluding hydrogens is 253 g/mol. The van der Waals surface area contributed by atoms with Crippen LogP contribution in [-0.4, -0.2) is 16.3 Å². The summed E-state index contributed by atoms with van der Waals surface area (Å²) in [4.78, 5) is 0. The van der Waals surface area contributed by atoms with Crippen LogP contribution in [0.15, 0.2) is 30.3 Å². The molecule has 4 heteroatoms. The Labute approximate surface area is 119 Å². The molecule has 0 fully saturated rings. The molecule has 0 aliphatic heterocycles. The summed E-state index contributed by atoms with van der Waals surface area (Å²) in [6.45, 7) is 5.46. The van der Waals surface area contributed by atoms with Crippen molar-refractivity contribution in [1.29, 1.82) is 0 Å². The number of halogens is 1. The average molecular weight is 275 g/mol. The number of aryl methyl sites for hydroxylation is 2. The number of benzene rings is 1. The molecule has 0 saturated heterocycles. The quantitative estimate of drug-likeness (QED) is 0.881. The first-order chi connectivity index (χ1) is 9.63. The molecule has 0 saturated carbocycles. The van der Waals surface area contributed by atoms with Crippen LogP contribution in [0.3, 0.4) is 0 Å². The number of nitrogens with zero attached hydrogens (tertiary/aromatic N) is 2. The van der Waals surface area contributed by atoms with E-state index < -0.39 is 0 Å². The predicted molar refractivity (Wildman–Crippen MR) is 79.0 cm³/mol. The van der Waals surface area contributed by atoms with E-state index in [0.717, 1.165) is 24.2 Å². The summed E-state index contributed by atoms with van der Waals surface area (Å²) in [5, 5.41) is 4.44. The lowest BCUT2D eigenvalue weighted by atomic mass is 9.94. The van der Waals surface area contributed by atoms with Gasteiger partial charge in [-0.2, -0.15) is 5.10 Å². The van der Waals surface area contributed by atoms with Crippen LogP contribution >= 0.6 is 0 Å². The standard InChI is InChI=1S/C16H22FN3/c1-3-20-15(8-12(2)19-20)10-13(11-18)9-14-6-4-5-7-16(14)17/h4-8,13H,3,9-11,18H2,1-2H3. The second kappa shape index (κ2) is 6.66. The van der Waals surface area contributed by atoms with Crippen molar-refractivity contribution in [2.75, 3.05) is 6.54 Å². The number of hydrogen-bond donors (Lipinski definition) is 1. The summed E-state index contributed by atoms with van der Waals surface area (Å²) in [5.74, 6) is 0.0828. The largest absolute Gasteiger partial charge is 0.330 e. The molecule has 1 aromatic carbocycles. The maximum absolute atomic E-state index is 13.7. The Morgan fingerprint density at radius 3 is 2.70 bits per heavy atom. The Morgan fingerprint density at radius 2 is 2.05 bits per heavy atom. The van der Waals surface area contributed by atoms with Gasteiger partial charge < -0.3 is 5.73 Å². The van der Waals surface area contributed by atoms with E-state index in [1.54, 1.807) is 6.07 Å². The van der Waals surface area contributed by atoms with Crippen LogP contribution in [0.1, 0.15) is 23.9 Å². The fraction of sp³-hybridized carbons (Fsp3) is 0.438. The summed E-state index contributed by atoms with van der Waals surface area (Å²) >= 11 is 0. The van der Waals surface area contributed by atoms with Gasteiger partial charge in [0, 0.05) is 12.2 Å². The van der Waals surface area contributed by atoms with Crippen molar-refractivity contribution in [1.82, 2.24) is 9.78 Å². The van der Waals surface area contributed by atoms with Crippen LogP contribution in [0.25, 0.3) is 0 Å². The molecule has 0 aliphatic carbocycles. The lowest BCUT2D eigenvalue weighted by Gasteiger charge is -2.16. The molecule has 20 heavy (non-hydrogen) atoms. The third kappa shape index (κ3) is 3.45. The minimum absolute atomic E-state index is 0.147. The monoisotopic (exact) mass is 275 g/mol. The minimum Gasteiger partial charge on any atom is -0.330 e. The van der Waals surface area contributed by atoms with Gasteiger partial charge in [-0.25, -0.2) is 4.39 Å². The lowest BCUT2D eigenvalue weighted by molar-refractivity contribution is 0.486. The van der Waals surface area contributed by atoms with Gasteiger partial charge in [0.25, 0.3) is 0 Å². The maximum atomic E-state index is 13.7. The van der Waals surface area contributed by atoms with Gasteiger partial charge in [-0.1, -0.05) is 18.2 Å². The molecule has 108 valence electrons. The first-order valence-corrected chi connectivity index (χ1v) is 7.10. The van der Waals surface area contributed by atoms with E-state index in [2.05, 4.69) is 18.1 Å². The van der Waals surface area contributed by atoms with Crippen molar-refractivity contribution < 1.29 is 4.39 Å². The first kappa shape index (κ1) is 14.7. The Morgan fingerprint density at radius 1 is 1.30 bits per heavy atom. The number of aromatic nitrogens is 2. The van der Waals surface area contributed by atoms with Crippen LogP contribution in [-0.2, 0) is 19.4 Å². The van der Waals surface area contributed by atoms with Gasteiger partial charge in [0.05, 0.1) is 5.69 Å². The Kier molecular flexibility index (Phi) is 4.90. The molecule has 3 nitrogen and oxygen atoms in total. The van der Waals surface area contributed by atoms with Crippen LogP contribution in [0.5, 0.6) is 0 Å². The van der Waals surface area contributed by atoms with Crippen LogP contribution in [0.2, 0.25) is 0 Å². The van der Waals surface area contributed by atoms with E-state index in [0.29, 0.717) is 13.0 Å². The highest BCUT2D eigenvalue weighted by molar-refractivity contribution is 5.19. The van der Waals surface area contributed by atoms with Crippen molar-refractivity contribution in [3.63, 3.8) is 0 Å². The minimum atomic E-state index is -0.147. The van der Waals surface area contributed by atoms with Crippen LogP contribution < -0.4 is 5.73 Å². The lowest BCUT2D eigenvalue weighted by Crippen LogP contribution is -2.21. The van der Waals surface area contributed by atoms with E-state index in [4.69, 9.17) is 5.73 Å².